The molecule has 1 heterocycles. The lowest BCUT2D eigenvalue weighted by molar-refractivity contribution is 0.288. The summed E-state index contributed by atoms with van der Waals surface area (Å²) in [6.07, 6.45) is 1.46. The zero-order valence-electron chi connectivity index (χ0n) is 10.7. The van der Waals surface area contributed by atoms with Gasteiger partial charge in [0.2, 0.25) is 0 Å². The lowest BCUT2D eigenvalue weighted by Gasteiger charge is -2.12. The Morgan fingerprint density at radius 3 is 2.42 bits per heavy atom. The Balaban J connectivity index is 2.67. The monoisotopic (exact) mass is 276 g/mol. The number of fused-ring (bicyclic) bond motifs is 1. The third-order valence-corrected chi connectivity index (χ3v) is 3.00. The van der Waals surface area contributed by atoms with E-state index >= 15 is 0 Å². The molecule has 0 aliphatic rings. The SMILES string of the molecule is CCOc1cc2ncc(C#N)c(Cl)c2cc1OCC. The van der Waals surface area contributed by atoms with Gasteiger partial charge in [0, 0.05) is 17.6 Å². The first kappa shape index (κ1) is 13.4. The number of hydrogen-bond donors (Lipinski definition) is 0. The van der Waals surface area contributed by atoms with E-state index in [4.69, 9.17) is 26.3 Å². The molecule has 1 aromatic heterocycles. The Hall–Kier alpha value is -1.99. The van der Waals surface area contributed by atoms with Gasteiger partial charge in [-0.25, -0.2) is 0 Å². The molecule has 0 fully saturated rings. The van der Waals surface area contributed by atoms with Crippen LogP contribution in [0.2, 0.25) is 5.02 Å². The van der Waals surface area contributed by atoms with Crippen molar-refractivity contribution in [2.75, 3.05) is 13.2 Å². The highest BCUT2D eigenvalue weighted by atomic mass is 35.5. The van der Waals surface area contributed by atoms with Crippen LogP contribution in [-0.4, -0.2) is 18.2 Å². The molecule has 0 aliphatic carbocycles. The van der Waals surface area contributed by atoms with E-state index in [0.717, 1.165) is 0 Å². The Morgan fingerprint density at radius 1 is 1.21 bits per heavy atom. The van der Waals surface area contributed by atoms with E-state index in [1.807, 2.05) is 19.9 Å². The van der Waals surface area contributed by atoms with Gasteiger partial charge in [-0.15, -0.1) is 0 Å². The minimum atomic E-state index is 0.348. The van der Waals surface area contributed by atoms with E-state index in [1.54, 1.807) is 12.1 Å². The standard InChI is InChI=1S/C14H13ClN2O2/c1-3-18-12-5-10-11(6-13(12)19-4-2)17-8-9(7-16)14(10)15/h5-6,8H,3-4H2,1-2H3. The maximum absolute atomic E-state index is 8.96. The first-order valence-corrected chi connectivity index (χ1v) is 6.37. The van der Waals surface area contributed by atoms with Crippen LogP contribution >= 0.6 is 11.6 Å². The fraction of sp³-hybridized carbons (Fsp3) is 0.286. The van der Waals surface area contributed by atoms with Gasteiger partial charge < -0.3 is 9.47 Å². The molecule has 0 aliphatic heterocycles. The third-order valence-electron chi connectivity index (χ3n) is 2.59. The van der Waals surface area contributed by atoms with E-state index in [0.29, 0.717) is 46.2 Å². The van der Waals surface area contributed by atoms with Crippen LogP contribution in [0.3, 0.4) is 0 Å². The normalized spacial score (nSPS) is 10.2. The van der Waals surface area contributed by atoms with Crippen LogP contribution in [0.15, 0.2) is 18.3 Å². The van der Waals surface area contributed by atoms with Crippen molar-refractivity contribution in [2.45, 2.75) is 13.8 Å². The predicted octanol–water partition coefficient (Wildman–Crippen LogP) is 3.56. The predicted molar refractivity (Wildman–Crippen MR) is 73.8 cm³/mol. The molecule has 2 rings (SSSR count). The van der Waals surface area contributed by atoms with Gasteiger partial charge in [-0.1, -0.05) is 11.6 Å². The summed E-state index contributed by atoms with van der Waals surface area (Å²) in [5, 5.41) is 10.0. The van der Waals surface area contributed by atoms with E-state index in [9.17, 15) is 0 Å². The quantitative estimate of drug-likeness (QED) is 0.857. The third kappa shape index (κ3) is 2.56. The lowest BCUT2D eigenvalue weighted by atomic mass is 10.1. The summed E-state index contributed by atoms with van der Waals surface area (Å²) in [6.45, 7) is 4.86. The number of pyridine rings is 1. The summed E-state index contributed by atoms with van der Waals surface area (Å²) < 4.78 is 11.1. The van der Waals surface area contributed by atoms with Crippen molar-refractivity contribution in [1.82, 2.24) is 4.98 Å². The number of nitrogens with zero attached hydrogens (tertiary/aromatic N) is 2. The molecule has 0 amide bonds. The number of benzene rings is 1. The van der Waals surface area contributed by atoms with Crippen molar-refractivity contribution < 1.29 is 9.47 Å². The maximum atomic E-state index is 8.96. The van der Waals surface area contributed by atoms with Gasteiger partial charge in [0.15, 0.2) is 11.5 Å². The van der Waals surface area contributed by atoms with E-state index in [1.165, 1.54) is 6.20 Å². The number of hydrogen-bond acceptors (Lipinski definition) is 4. The van der Waals surface area contributed by atoms with Crippen LogP contribution in [0, 0.1) is 11.3 Å². The van der Waals surface area contributed by atoms with Crippen molar-refractivity contribution in [3.63, 3.8) is 0 Å². The summed E-state index contributed by atoms with van der Waals surface area (Å²) in [4.78, 5) is 4.21. The molecule has 0 bridgehead atoms. The molecular weight excluding hydrogens is 264 g/mol. The van der Waals surface area contributed by atoms with Gasteiger partial charge in [0.25, 0.3) is 0 Å². The summed E-state index contributed by atoms with van der Waals surface area (Å²) >= 11 is 6.18. The van der Waals surface area contributed by atoms with Crippen molar-refractivity contribution in [3.05, 3.63) is 28.9 Å². The van der Waals surface area contributed by atoms with Crippen LogP contribution < -0.4 is 9.47 Å². The Kier molecular flexibility index (Phi) is 4.08. The van der Waals surface area contributed by atoms with Gasteiger partial charge in [-0.2, -0.15) is 5.26 Å². The number of aromatic nitrogens is 1. The number of ether oxygens (including phenoxy) is 2. The molecule has 98 valence electrons. The summed E-state index contributed by atoms with van der Waals surface area (Å²) in [7, 11) is 0. The highest BCUT2D eigenvalue weighted by Crippen LogP contribution is 2.35. The second-order valence-electron chi connectivity index (χ2n) is 3.78. The summed E-state index contributed by atoms with van der Waals surface area (Å²) in [6, 6.07) is 5.55. The topological polar surface area (TPSA) is 55.1 Å². The Labute approximate surface area is 116 Å². The highest BCUT2D eigenvalue weighted by molar-refractivity contribution is 6.36. The first-order chi connectivity index (χ1) is 9.21. The zero-order valence-corrected chi connectivity index (χ0v) is 11.5. The number of nitriles is 1. The molecule has 0 saturated carbocycles. The second kappa shape index (κ2) is 5.77. The first-order valence-electron chi connectivity index (χ1n) is 5.99. The van der Waals surface area contributed by atoms with E-state index in [-0.39, 0.29) is 0 Å². The summed E-state index contributed by atoms with van der Waals surface area (Å²) in [5.74, 6) is 1.24. The van der Waals surface area contributed by atoms with Gasteiger partial charge >= 0.3 is 0 Å². The minimum Gasteiger partial charge on any atom is -0.490 e. The van der Waals surface area contributed by atoms with Gasteiger partial charge in [-0.3, -0.25) is 4.98 Å². The van der Waals surface area contributed by atoms with Crippen molar-refractivity contribution in [1.29, 1.82) is 5.26 Å². The van der Waals surface area contributed by atoms with Crippen molar-refractivity contribution in [2.24, 2.45) is 0 Å². The zero-order chi connectivity index (χ0) is 13.8. The molecule has 19 heavy (non-hydrogen) atoms. The molecule has 0 unspecified atom stereocenters. The average Bonchev–Trinajstić information content (AvgIpc) is 2.41. The van der Waals surface area contributed by atoms with Crippen LogP contribution in [0.25, 0.3) is 10.9 Å². The van der Waals surface area contributed by atoms with Gasteiger partial charge in [-0.05, 0) is 19.9 Å². The van der Waals surface area contributed by atoms with E-state index in [2.05, 4.69) is 4.98 Å². The van der Waals surface area contributed by atoms with Crippen LogP contribution in [0.5, 0.6) is 11.5 Å². The average molecular weight is 277 g/mol. The molecule has 0 N–H and O–H groups in total. The number of halogens is 1. The van der Waals surface area contributed by atoms with Gasteiger partial charge in [0.05, 0.1) is 29.3 Å². The molecule has 0 atom stereocenters. The molecule has 0 spiro atoms. The summed E-state index contributed by atoms with van der Waals surface area (Å²) in [5.41, 5.74) is 1.02. The minimum absolute atomic E-state index is 0.348. The molecule has 4 nitrogen and oxygen atoms in total. The second-order valence-corrected chi connectivity index (χ2v) is 4.16. The van der Waals surface area contributed by atoms with Crippen molar-refractivity contribution in [3.8, 4) is 17.6 Å². The van der Waals surface area contributed by atoms with Gasteiger partial charge in [0.1, 0.15) is 6.07 Å². The molecule has 5 heteroatoms. The van der Waals surface area contributed by atoms with E-state index < -0.39 is 0 Å². The highest BCUT2D eigenvalue weighted by Gasteiger charge is 2.12. The van der Waals surface area contributed by atoms with Crippen LogP contribution in [0.4, 0.5) is 0 Å². The van der Waals surface area contributed by atoms with Crippen molar-refractivity contribution >= 4 is 22.5 Å². The molecule has 0 radical (unpaired) electrons. The smallest absolute Gasteiger partial charge is 0.163 e. The molecule has 0 saturated heterocycles. The Morgan fingerprint density at radius 2 is 1.84 bits per heavy atom. The van der Waals surface area contributed by atoms with Crippen LogP contribution in [0.1, 0.15) is 19.4 Å². The Bertz CT molecular complexity index is 650. The lowest BCUT2D eigenvalue weighted by Crippen LogP contribution is -1.99. The number of rotatable bonds is 4. The molecule has 1 aromatic carbocycles. The molecule has 2 aromatic rings. The largest absolute Gasteiger partial charge is 0.490 e. The fourth-order valence-electron chi connectivity index (χ4n) is 1.78. The maximum Gasteiger partial charge on any atom is 0.163 e. The molecular formula is C14H13ClN2O2. The van der Waals surface area contributed by atoms with Crippen LogP contribution in [-0.2, 0) is 0 Å². The fourth-order valence-corrected chi connectivity index (χ4v) is 2.02.